The van der Waals surface area contributed by atoms with E-state index < -0.39 is 11.6 Å². The Hall–Kier alpha value is -12.3. The Morgan fingerprint density at radius 2 is 0.567 bits per heavy atom. The molecule has 0 fully saturated rings. The van der Waals surface area contributed by atoms with E-state index in [2.05, 4.69) is 112 Å². The van der Waals surface area contributed by atoms with Crippen LogP contribution in [0, 0.1) is 23.0 Å². The van der Waals surface area contributed by atoms with Crippen molar-refractivity contribution in [3.8, 4) is 118 Å². The van der Waals surface area contributed by atoms with Crippen LogP contribution in [0.4, 0.5) is 8.78 Å². The van der Waals surface area contributed by atoms with Gasteiger partial charge in [-0.2, -0.15) is 5.26 Å². The molecule has 16 aromatic rings. The third-order valence-electron chi connectivity index (χ3n) is 17.1. The zero-order valence-electron chi connectivity index (χ0n) is 48.2. The van der Waals surface area contributed by atoms with Gasteiger partial charge in [-0.05, 0) is 147 Å². The van der Waals surface area contributed by atoms with Crippen molar-refractivity contribution in [2.24, 2.45) is 0 Å². The number of pyridine rings is 4. The lowest BCUT2D eigenvalue weighted by Gasteiger charge is -2.19. The summed E-state index contributed by atoms with van der Waals surface area (Å²) in [7, 11) is 0. The molecule has 6 aromatic heterocycles. The first-order valence-electron chi connectivity index (χ1n) is 29.6. The molecule has 0 unspecified atom stereocenters. The summed E-state index contributed by atoms with van der Waals surface area (Å²) >= 11 is 0. The Morgan fingerprint density at radius 1 is 0.267 bits per heavy atom. The van der Waals surface area contributed by atoms with Crippen molar-refractivity contribution in [3.63, 3.8) is 0 Å². The number of nitriles is 1. The normalized spacial score (nSPS) is 11.4. The second-order valence-electron chi connectivity index (χ2n) is 22.4. The number of halogens is 2. The average molecular weight is 1160 g/mol. The van der Waals surface area contributed by atoms with Gasteiger partial charge in [-0.15, -0.1) is 0 Å². The molecule has 0 saturated heterocycles. The van der Waals surface area contributed by atoms with E-state index >= 15 is 8.78 Å². The third kappa shape index (κ3) is 9.62. The fourth-order valence-electron chi connectivity index (χ4n) is 12.8. The molecule has 0 radical (unpaired) electrons. The Morgan fingerprint density at radius 3 is 0.878 bits per heavy atom. The van der Waals surface area contributed by atoms with Gasteiger partial charge in [-0.3, -0.25) is 19.9 Å². The van der Waals surface area contributed by atoms with E-state index in [4.69, 9.17) is 19.9 Å². The van der Waals surface area contributed by atoms with Gasteiger partial charge in [0.25, 0.3) is 0 Å². The highest BCUT2D eigenvalue weighted by Crippen LogP contribution is 2.45. The predicted molar refractivity (Wildman–Crippen MR) is 360 cm³/mol. The van der Waals surface area contributed by atoms with Crippen molar-refractivity contribution in [2.45, 2.75) is 0 Å². The van der Waals surface area contributed by atoms with Crippen molar-refractivity contribution >= 4 is 43.6 Å². The largest absolute Gasteiger partial charge is 0.309 e. The summed E-state index contributed by atoms with van der Waals surface area (Å²) in [6, 6.07) is 92.6. The molecule has 0 spiro atoms. The van der Waals surface area contributed by atoms with E-state index in [0.717, 1.165) is 139 Å². The number of benzene rings is 10. The molecule has 0 atom stereocenters. The standard InChI is InChI=1S/C81H49F2N7/c82-65-37-63(38-66(83)48-65)71-49-76(89-77-43-55(59-29-33-85-72(39-59)51-13-5-1-6-14-51)21-25-67(77)68-26-22-56(44-78(68)89)60-30-34-86-73(40-60)52-15-7-2-8-16-52)64(50-84)47-81(71)90-79-45-57(61-31-35-87-74(41-61)53-17-9-3-10-18-53)23-27-69(79)70-28-24-58(46-80(70)90)62-32-36-88-75(42-62)54-19-11-4-12-20-54/h1-49H. The average Bonchev–Trinajstić information content (AvgIpc) is 1.57. The molecule has 7 nitrogen and oxygen atoms in total. The van der Waals surface area contributed by atoms with Crippen molar-refractivity contribution in [1.82, 2.24) is 29.1 Å². The first-order valence-corrected chi connectivity index (χ1v) is 29.6. The molecule has 0 saturated carbocycles. The maximum absolute atomic E-state index is 16.2. The van der Waals surface area contributed by atoms with Gasteiger partial charge in [0.05, 0.1) is 61.8 Å². The molecule has 0 aliphatic rings. The number of hydrogen-bond donors (Lipinski definition) is 0. The van der Waals surface area contributed by atoms with Crippen LogP contribution < -0.4 is 0 Å². The lowest BCUT2D eigenvalue weighted by Crippen LogP contribution is -2.04. The summed E-state index contributed by atoms with van der Waals surface area (Å²) in [6.07, 6.45) is 7.32. The monoisotopic (exact) mass is 1160 g/mol. The second-order valence-corrected chi connectivity index (χ2v) is 22.4. The van der Waals surface area contributed by atoms with E-state index in [-0.39, 0.29) is 5.56 Å². The lowest BCUT2D eigenvalue weighted by molar-refractivity contribution is 0.584. The number of fused-ring (bicyclic) bond motifs is 6. The smallest absolute Gasteiger partial charge is 0.126 e. The maximum atomic E-state index is 16.2. The van der Waals surface area contributed by atoms with Crippen LogP contribution in [0.3, 0.4) is 0 Å². The van der Waals surface area contributed by atoms with Crippen molar-refractivity contribution < 1.29 is 8.78 Å². The number of nitrogens with zero attached hydrogens (tertiary/aromatic N) is 7. The summed E-state index contributed by atoms with van der Waals surface area (Å²) in [5.41, 5.74) is 20.3. The molecule has 0 N–H and O–H groups in total. The van der Waals surface area contributed by atoms with Gasteiger partial charge < -0.3 is 9.13 Å². The Kier molecular flexibility index (Phi) is 13.2. The summed E-state index contributed by atoms with van der Waals surface area (Å²) < 4.78 is 36.7. The number of aromatic nitrogens is 6. The fourth-order valence-corrected chi connectivity index (χ4v) is 12.8. The molecule has 6 heterocycles. The topological polar surface area (TPSA) is 85.2 Å². The molecule has 10 aromatic carbocycles. The van der Waals surface area contributed by atoms with E-state index in [9.17, 15) is 5.26 Å². The van der Waals surface area contributed by atoms with Gasteiger partial charge in [-0.1, -0.05) is 170 Å². The highest BCUT2D eigenvalue weighted by atomic mass is 19.1. The summed E-state index contributed by atoms with van der Waals surface area (Å²) in [5.74, 6) is -1.48. The minimum absolute atomic E-state index is 0.288. The number of hydrogen-bond acceptors (Lipinski definition) is 5. The lowest BCUT2D eigenvalue weighted by atomic mass is 9.98. The summed E-state index contributed by atoms with van der Waals surface area (Å²) in [5, 5.41) is 15.7. The Bertz CT molecular complexity index is 5220. The van der Waals surface area contributed by atoms with Crippen LogP contribution in [0.5, 0.6) is 0 Å². The first kappa shape index (κ1) is 53.2. The van der Waals surface area contributed by atoms with Crippen molar-refractivity contribution in [1.29, 1.82) is 5.26 Å². The molecule has 9 heteroatoms. The van der Waals surface area contributed by atoms with Gasteiger partial charge in [0.1, 0.15) is 17.7 Å². The SMILES string of the molecule is N#Cc1cc(-n2c3cc(-c4ccnc(-c5ccccc5)c4)ccc3c3ccc(-c4ccnc(-c5ccccc5)c4)cc32)c(-c2cc(F)cc(F)c2)cc1-n1c2cc(-c3ccnc(-c4ccccc4)c3)ccc2c2ccc(-c3ccnc(-c4ccccc4)c3)cc21. The summed E-state index contributed by atoms with van der Waals surface area (Å²) in [6.45, 7) is 0. The quantitative estimate of drug-likeness (QED) is 0.129. The predicted octanol–water partition coefficient (Wildman–Crippen LogP) is 20.6. The molecule has 422 valence electrons. The third-order valence-corrected chi connectivity index (χ3v) is 17.1. The highest BCUT2D eigenvalue weighted by molar-refractivity contribution is 6.13. The van der Waals surface area contributed by atoms with Crippen LogP contribution >= 0.6 is 0 Å². The van der Waals surface area contributed by atoms with Crippen LogP contribution in [0.15, 0.2) is 298 Å². The van der Waals surface area contributed by atoms with Gasteiger partial charge in [-0.25, -0.2) is 8.78 Å². The molecule has 0 aliphatic carbocycles. The number of rotatable bonds is 11. The highest BCUT2D eigenvalue weighted by Gasteiger charge is 2.25. The zero-order chi connectivity index (χ0) is 60.2. The van der Waals surface area contributed by atoms with Crippen molar-refractivity contribution in [3.05, 3.63) is 315 Å². The summed E-state index contributed by atoms with van der Waals surface area (Å²) in [4.78, 5) is 19.1. The zero-order valence-corrected chi connectivity index (χ0v) is 48.2. The van der Waals surface area contributed by atoms with E-state index in [1.54, 1.807) is 0 Å². The van der Waals surface area contributed by atoms with Gasteiger partial charge >= 0.3 is 0 Å². The molecular weight excluding hydrogens is 1110 g/mol. The fraction of sp³-hybridized carbons (Fsp3) is 0. The minimum atomic E-state index is -0.738. The van der Waals surface area contributed by atoms with Crippen LogP contribution in [-0.2, 0) is 0 Å². The molecule has 0 bridgehead atoms. The molecular formula is C81H49F2N7. The van der Waals surface area contributed by atoms with Crippen LogP contribution in [0.1, 0.15) is 5.56 Å². The van der Waals surface area contributed by atoms with Gasteiger partial charge in [0, 0.05) is 80.2 Å². The van der Waals surface area contributed by atoms with Crippen LogP contribution in [0.25, 0.3) is 156 Å². The molecule has 0 amide bonds. The van der Waals surface area contributed by atoms with Crippen LogP contribution in [0.2, 0.25) is 0 Å². The molecule has 90 heavy (non-hydrogen) atoms. The Balaban J connectivity index is 0.972. The first-order chi connectivity index (χ1) is 44.3. The van der Waals surface area contributed by atoms with Crippen LogP contribution in [-0.4, -0.2) is 29.1 Å². The van der Waals surface area contributed by atoms with Gasteiger partial charge in [0.15, 0.2) is 0 Å². The van der Waals surface area contributed by atoms with Gasteiger partial charge in [0.2, 0.25) is 0 Å². The molecule has 16 rings (SSSR count). The minimum Gasteiger partial charge on any atom is -0.309 e. The Labute approximate surface area is 517 Å². The molecule has 0 aliphatic heterocycles. The second kappa shape index (κ2) is 22.2. The maximum Gasteiger partial charge on any atom is 0.126 e. The van der Waals surface area contributed by atoms with E-state index in [0.29, 0.717) is 22.5 Å². The van der Waals surface area contributed by atoms with Crippen molar-refractivity contribution in [2.75, 3.05) is 0 Å². The van der Waals surface area contributed by atoms with E-state index in [1.165, 1.54) is 12.1 Å². The van der Waals surface area contributed by atoms with E-state index in [1.807, 2.05) is 183 Å².